The van der Waals surface area contributed by atoms with Crippen LogP contribution in [-0.2, 0) is 21.0 Å². The minimum atomic E-state index is -0.846. The number of ether oxygens (including phenoxy) is 2. The van der Waals surface area contributed by atoms with Gasteiger partial charge in [0.1, 0.15) is 37.2 Å². The van der Waals surface area contributed by atoms with Crippen molar-refractivity contribution in [2.24, 2.45) is 0 Å². The number of aromatic nitrogens is 2. The predicted molar refractivity (Wildman–Crippen MR) is 138 cm³/mol. The zero-order valence-electron chi connectivity index (χ0n) is 21.4. The summed E-state index contributed by atoms with van der Waals surface area (Å²) in [5.74, 6) is -2.61. The maximum Gasteiger partial charge on any atom is 0.280 e. The fraction of sp³-hybridized carbons (Fsp3) is 0.333. The number of hydrogen-bond acceptors (Lipinski definition) is 7. The van der Waals surface area contributed by atoms with Crippen molar-refractivity contribution in [2.45, 2.75) is 38.5 Å². The monoisotopic (exact) mass is 574 g/mol. The highest BCUT2D eigenvalue weighted by molar-refractivity contribution is 6.31. The summed E-state index contributed by atoms with van der Waals surface area (Å²) in [5, 5.41) is 3.67. The molecule has 40 heavy (non-hydrogen) atoms. The van der Waals surface area contributed by atoms with Gasteiger partial charge in [0, 0.05) is 30.4 Å². The average molecular weight is 575 g/mol. The highest BCUT2D eigenvalue weighted by Crippen LogP contribution is 2.23. The molecule has 2 aliphatic rings. The summed E-state index contributed by atoms with van der Waals surface area (Å²) >= 11 is 6.22. The van der Waals surface area contributed by atoms with Crippen molar-refractivity contribution in [1.82, 2.24) is 19.9 Å². The molecule has 3 aromatic rings. The van der Waals surface area contributed by atoms with Gasteiger partial charge in [-0.3, -0.25) is 23.8 Å². The van der Waals surface area contributed by atoms with Crippen LogP contribution in [0.3, 0.4) is 0 Å². The van der Waals surface area contributed by atoms with Crippen LogP contribution in [-0.4, -0.2) is 58.3 Å². The molecule has 2 aromatic carbocycles. The second-order valence-electron chi connectivity index (χ2n) is 9.39. The molecule has 210 valence electrons. The smallest absolute Gasteiger partial charge is 0.280 e. The molecule has 0 radical (unpaired) electrons. The summed E-state index contributed by atoms with van der Waals surface area (Å²) in [4.78, 5) is 48.6. The Morgan fingerprint density at radius 3 is 2.70 bits per heavy atom. The molecule has 10 nitrogen and oxygen atoms in total. The van der Waals surface area contributed by atoms with Crippen LogP contribution in [0.2, 0.25) is 5.02 Å². The molecule has 1 aromatic heterocycles. The lowest BCUT2D eigenvalue weighted by Gasteiger charge is -2.29. The molecule has 0 unspecified atom stereocenters. The van der Waals surface area contributed by atoms with E-state index >= 15 is 0 Å². The molecular weight excluding hydrogens is 550 g/mol. The number of aryl methyl sites for hydroxylation is 1. The first kappa shape index (κ1) is 27.7. The van der Waals surface area contributed by atoms with Crippen molar-refractivity contribution in [3.63, 3.8) is 0 Å². The van der Waals surface area contributed by atoms with Gasteiger partial charge in [-0.05, 0) is 49.6 Å². The van der Waals surface area contributed by atoms with E-state index in [0.717, 1.165) is 16.7 Å². The van der Waals surface area contributed by atoms with E-state index in [9.17, 15) is 23.2 Å². The van der Waals surface area contributed by atoms with Crippen molar-refractivity contribution < 1.29 is 32.7 Å². The van der Waals surface area contributed by atoms with E-state index < -0.39 is 29.1 Å². The molecule has 13 heteroatoms. The summed E-state index contributed by atoms with van der Waals surface area (Å²) in [6.45, 7) is 2.51. The molecule has 0 saturated carbocycles. The Kier molecular flexibility index (Phi) is 8.10. The molecule has 2 saturated heterocycles. The molecule has 1 N–H and O–H groups in total. The topological polar surface area (TPSA) is 112 Å². The molecule has 2 fully saturated rings. The Hall–Kier alpha value is -3.87. The normalized spacial score (nSPS) is 17.8. The zero-order chi connectivity index (χ0) is 28.4. The number of hydrogen-bond donors (Lipinski definition) is 1. The molecule has 2 amide bonds. The minimum Gasteiger partial charge on any atom is -0.471 e. The second-order valence-corrected chi connectivity index (χ2v) is 9.77. The summed E-state index contributed by atoms with van der Waals surface area (Å²) < 4.78 is 38.9. The van der Waals surface area contributed by atoms with Crippen LogP contribution < -0.4 is 15.6 Å². The predicted octanol–water partition coefficient (Wildman–Crippen LogP) is 3.10. The van der Waals surface area contributed by atoms with Gasteiger partial charge in [0.15, 0.2) is 5.02 Å². The number of benzene rings is 2. The average Bonchev–Trinajstić information content (AvgIpc) is 3.31. The summed E-state index contributed by atoms with van der Waals surface area (Å²) in [7, 11) is 0. The maximum atomic E-state index is 13.9. The van der Waals surface area contributed by atoms with E-state index in [1.54, 1.807) is 19.1 Å². The van der Waals surface area contributed by atoms with Gasteiger partial charge < -0.3 is 14.8 Å². The number of halogens is 3. The van der Waals surface area contributed by atoms with Gasteiger partial charge in [-0.15, -0.1) is 0 Å². The Labute approximate surface area is 232 Å². The zero-order valence-corrected chi connectivity index (χ0v) is 22.1. The van der Waals surface area contributed by atoms with Crippen LogP contribution in [0.1, 0.15) is 34.3 Å². The molecule has 5 rings (SSSR count). The summed E-state index contributed by atoms with van der Waals surface area (Å²) in [6, 6.07) is 6.77. The molecule has 0 spiro atoms. The van der Waals surface area contributed by atoms with Crippen LogP contribution in [0.25, 0.3) is 5.69 Å². The van der Waals surface area contributed by atoms with Gasteiger partial charge in [0.2, 0.25) is 5.88 Å². The third kappa shape index (κ3) is 5.69. The quantitative estimate of drug-likeness (QED) is 0.461. The van der Waals surface area contributed by atoms with Crippen molar-refractivity contribution in [1.29, 1.82) is 0 Å². The first-order chi connectivity index (χ1) is 19.2. The van der Waals surface area contributed by atoms with Crippen LogP contribution >= 0.6 is 11.6 Å². The number of carbonyl (C=O) groups is 2. The van der Waals surface area contributed by atoms with E-state index in [0.29, 0.717) is 37.3 Å². The Balaban J connectivity index is 1.30. The van der Waals surface area contributed by atoms with Crippen LogP contribution in [0.5, 0.6) is 5.88 Å². The van der Waals surface area contributed by atoms with E-state index in [-0.39, 0.29) is 47.2 Å². The van der Waals surface area contributed by atoms with Crippen molar-refractivity contribution in [2.75, 3.05) is 19.8 Å². The minimum absolute atomic E-state index is 0.0168. The van der Waals surface area contributed by atoms with Crippen LogP contribution in [0.4, 0.5) is 8.78 Å². The molecule has 0 aliphatic carbocycles. The number of carbonyl (C=O) groups excluding carboxylic acids is 2. The third-order valence-corrected chi connectivity index (χ3v) is 7.04. The highest BCUT2D eigenvalue weighted by Gasteiger charge is 2.39. The van der Waals surface area contributed by atoms with Gasteiger partial charge >= 0.3 is 0 Å². The summed E-state index contributed by atoms with van der Waals surface area (Å²) in [6.07, 6.45) is 2.49. The first-order valence-corrected chi connectivity index (χ1v) is 12.9. The van der Waals surface area contributed by atoms with Gasteiger partial charge in [0.25, 0.3) is 17.4 Å². The standard InChI is InChI=1S/C27H25ClF2N4O6/c1-15-2-3-16(24(35)32-21-13-40-34(26(21)36)19-6-8-38-9-7-19)10-22(15)33-14-31-25(23(28)27(33)37)39-12-17-4-5-18(29)11-20(17)30/h2-5,10-11,14,19,21H,6-9,12-13H2,1H3,(H,32,35)/t21-/m0/s1. The number of nitrogens with zero attached hydrogens (tertiary/aromatic N) is 3. The van der Waals surface area contributed by atoms with Gasteiger partial charge in [-0.25, -0.2) is 18.8 Å². The van der Waals surface area contributed by atoms with E-state index in [2.05, 4.69) is 10.3 Å². The molecule has 2 aliphatic heterocycles. The van der Waals surface area contributed by atoms with E-state index in [4.69, 9.17) is 25.9 Å². The van der Waals surface area contributed by atoms with Crippen molar-refractivity contribution >= 4 is 23.4 Å². The maximum absolute atomic E-state index is 13.9. The van der Waals surface area contributed by atoms with Gasteiger partial charge in [-0.2, -0.15) is 0 Å². The number of rotatable bonds is 7. The fourth-order valence-electron chi connectivity index (χ4n) is 4.48. The van der Waals surface area contributed by atoms with Crippen LogP contribution in [0.15, 0.2) is 47.5 Å². The van der Waals surface area contributed by atoms with E-state index in [1.165, 1.54) is 23.5 Å². The number of amides is 2. The van der Waals surface area contributed by atoms with Gasteiger partial charge in [0.05, 0.1) is 11.7 Å². The van der Waals surface area contributed by atoms with Gasteiger partial charge in [-0.1, -0.05) is 17.7 Å². The lowest BCUT2D eigenvalue weighted by molar-refractivity contribution is -0.181. The third-order valence-electron chi connectivity index (χ3n) is 6.72. The Morgan fingerprint density at radius 1 is 1.18 bits per heavy atom. The molecule has 0 bridgehead atoms. The SMILES string of the molecule is Cc1ccc(C(=O)N[C@H]2CON(C3CCOCC3)C2=O)cc1-n1cnc(OCc2ccc(F)cc2F)c(Cl)c1=O. The van der Waals surface area contributed by atoms with Crippen molar-refractivity contribution in [3.8, 4) is 11.6 Å². The number of nitrogens with one attached hydrogen (secondary N) is 1. The lowest BCUT2D eigenvalue weighted by atomic mass is 10.1. The molecule has 3 heterocycles. The van der Waals surface area contributed by atoms with Crippen LogP contribution in [0, 0.1) is 18.6 Å². The Bertz CT molecular complexity index is 1510. The number of hydroxylamine groups is 2. The lowest BCUT2D eigenvalue weighted by Crippen LogP contribution is -2.46. The fourth-order valence-corrected chi connectivity index (χ4v) is 4.67. The second kappa shape index (κ2) is 11.7. The Morgan fingerprint density at radius 2 is 1.95 bits per heavy atom. The highest BCUT2D eigenvalue weighted by atomic mass is 35.5. The molecule has 1 atom stereocenters. The van der Waals surface area contributed by atoms with E-state index in [1.807, 2.05) is 0 Å². The summed E-state index contributed by atoms with van der Waals surface area (Å²) in [5.41, 5.74) is 0.553. The molecular formula is C27H25ClF2N4O6. The largest absolute Gasteiger partial charge is 0.471 e. The first-order valence-electron chi connectivity index (χ1n) is 12.5. The van der Waals surface area contributed by atoms with Crippen molar-refractivity contribution in [3.05, 3.63) is 86.4 Å².